The predicted octanol–water partition coefficient (Wildman–Crippen LogP) is 5.72. The van der Waals surface area contributed by atoms with E-state index in [4.69, 9.17) is 0 Å². The van der Waals surface area contributed by atoms with Crippen LogP contribution >= 0.6 is 56.6 Å². The minimum atomic E-state index is 0. The highest BCUT2D eigenvalue weighted by molar-refractivity contribution is 8.93. The first-order valence-electron chi connectivity index (χ1n) is 7.05. The first-order valence-corrected chi connectivity index (χ1v) is 8.81. The van der Waals surface area contributed by atoms with Crippen molar-refractivity contribution in [1.82, 2.24) is 19.9 Å². The third-order valence-electron chi connectivity index (χ3n) is 2.66. The Morgan fingerprint density at radius 2 is 1.04 bits per heavy atom. The Balaban J connectivity index is 0.000000241. The van der Waals surface area contributed by atoms with Crippen LogP contribution in [-0.2, 0) is 0 Å². The predicted molar refractivity (Wildman–Crippen MR) is 120 cm³/mol. The van der Waals surface area contributed by atoms with Gasteiger partial charge in [0.2, 0.25) is 0 Å². The molecule has 0 aliphatic rings. The summed E-state index contributed by atoms with van der Waals surface area (Å²) in [4.78, 5) is 16.4. The molecular formula is C16H16Br2N6S2. The highest BCUT2D eigenvalue weighted by Crippen LogP contribution is 2.16. The third-order valence-corrected chi connectivity index (χ3v) is 4.04. The number of thiazole rings is 2. The SMILES string of the molecule is Br.Br.c1ccc(Nc2nccs2)nc1.c1ccc(Nc2nccs2)nc1. The Labute approximate surface area is 180 Å². The average Bonchev–Trinajstić information content (AvgIpc) is 3.32. The summed E-state index contributed by atoms with van der Waals surface area (Å²) in [5.74, 6) is 1.65. The molecule has 26 heavy (non-hydrogen) atoms. The highest BCUT2D eigenvalue weighted by atomic mass is 79.9. The van der Waals surface area contributed by atoms with Gasteiger partial charge in [-0.2, -0.15) is 0 Å². The summed E-state index contributed by atoms with van der Waals surface area (Å²) in [6.07, 6.45) is 7.01. The van der Waals surface area contributed by atoms with E-state index >= 15 is 0 Å². The number of hydrogen-bond acceptors (Lipinski definition) is 8. The number of pyridine rings is 2. The smallest absolute Gasteiger partial charge is 0.188 e. The van der Waals surface area contributed by atoms with Crippen molar-refractivity contribution in [2.75, 3.05) is 10.6 Å². The number of hydrogen-bond donors (Lipinski definition) is 2. The molecule has 0 saturated carbocycles. The van der Waals surface area contributed by atoms with Crippen molar-refractivity contribution >= 4 is 78.5 Å². The molecule has 4 aromatic rings. The lowest BCUT2D eigenvalue weighted by atomic mass is 10.5. The van der Waals surface area contributed by atoms with Crippen LogP contribution in [0.15, 0.2) is 71.9 Å². The Kier molecular flexibility index (Phi) is 10.6. The zero-order valence-corrected chi connectivity index (χ0v) is 18.4. The largest absolute Gasteiger partial charge is 0.316 e. The summed E-state index contributed by atoms with van der Waals surface area (Å²) in [6, 6.07) is 11.4. The van der Waals surface area contributed by atoms with Crippen LogP contribution in [0.5, 0.6) is 0 Å². The fourth-order valence-corrected chi connectivity index (χ4v) is 2.73. The van der Waals surface area contributed by atoms with Crippen LogP contribution in [0.3, 0.4) is 0 Å². The monoisotopic (exact) mass is 514 g/mol. The quantitative estimate of drug-likeness (QED) is 0.362. The average molecular weight is 516 g/mol. The van der Waals surface area contributed by atoms with E-state index in [9.17, 15) is 0 Å². The maximum absolute atomic E-state index is 4.11. The molecule has 0 aliphatic heterocycles. The number of rotatable bonds is 4. The topological polar surface area (TPSA) is 75.6 Å². The second-order valence-corrected chi connectivity index (χ2v) is 6.14. The van der Waals surface area contributed by atoms with Crippen LogP contribution < -0.4 is 10.6 Å². The van der Waals surface area contributed by atoms with Crippen molar-refractivity contribution in [2.45, 2.75) is 0 Å². The molecule has 0 bridgehead atoms. The van der Waals surface area contributed by atoms with Crippen LogP contribution in [-0.4, -0.2) is 19.9 Å². The van der Waals surface area contributed by atoms with Crippen LogP contribution in [0.1, 0.15) is 0 Å². The van der Waals surface area contributed by atoms with E-state index in [1.54, 1.807) is 47.5 Å². The number of halogens is 2. The number of anilines is 4. The van der Waals surface area contributed by atoms with Crippen LogP contribution in [0.2, 0.25) is 0 Å². The standard InChI is InChI=1S/2C8H7N3S.2BrH/c2*1-2-4-9-7(3-1)11-8-10-5-6-12-8;;/h2*1-6H,(H,9,10,11);2*1H. The molecule has 0 atom stereocenters. The van der Waals surface area contributed by atoms with Gasteiger partial charge < -0.3 is 10.6 Å². The van der Waals surface area contributed by atoms with Gasteiger partial charge in [-0.1, -0.05) is 12.1 Å². The zero-order valence-electron chi connectivity index (χ0n) is 13.4. The van der Waals surface area contributed by atoms with Gasteiger partial charge in [0, 0.05) is 35.5 Å². The van der Waals surface area contributed by atoms with Crippen molar-refractivity contribution in [1.29, 1.82) is 0 Å². The molecule has 2 N–H and O–H groups in total. The van der Waals surface area contributed by atoms with Gasteiger partial charge in [0.25, 0.3) is 0 Å². The maximum Gasteiger partial charge on any atom is 0.188 e. The van der Waals surface area contributed by atoms with E-state index in [1.807, 2.05) is 47.2 Å². The molecule has 6 nitrogen and oxygen atoms in total. The maximum atomic E-state index is 4.11. The Hall–Kier alpha value is -1.88. The lowest BCUT2D eigenvalue weighted by Crippen LogP contribution is -1.90. The van der Waals surface area contributed by atoms with Gasteiger partial charge in [0.15, 0.2) is 10.3 Å². The Bertz CT molecular complexity index is 743. The number of aromatic nitrogens is 4. The van der Waals surface area contributed by atoms with Gasteiger partial charge in [0.1, 0.15) is 11.6 Å². The van der Waals surface area contributed by atoms with E-state index < -0.39 is 0 Å². The second-order valence-electron chi connectivity index (χ2n) is 4.35. The van der Waals surface area contributed by atoms with E-state index in [2.05, 4.69) is 30.6 Å². The molecule has 10 heteroatoms. The molecule has 0 aromatic carbocycles. The minimum absolute atomic E-state index is 0. The van der Waals surface area contributed by atoms with E-state index in [0.717, 1.165) is 21.9 Å². The first-order chi connectivity index (χ1) is 11.9. The zero-order chi connectivity index (χ0) is 16.5. The molecule has 0 aliphatic carbocycles. The molecular weight excluding hydrogens is 500 g/mol. The summed E-state index contributed by atoms with van der Waals surface area (Å²) in [6.45, 7) is 0. The lowest BCUT2D eigenvalue weighted by molar-refractivity contribution is 1.29. The Morgan fingerprint density at radius 1 is 0.577 bits per heavy atom. The van der Waals surface area contributed by atoms with Gasteiger partial charge in [-0.15, -0.1) is 56.6 Å². The molecule has 0 saturated heterocycles. The van der Waals surface area contributed by atoms with Crippen LogP contribution in [0, 0.1) is 0 Å². The van der Waals surface area contributed by atoms with E-state index in [1.165, 1.54) is 0 Å². The van der Waals surface area contributed by atoms with E-state index in [0.29, 0.717) is 0 Å². The van der Waals surface area contributed by atoms with Gasteiger partial charge in [-0.3, -0.25) is 0 Å². The summed E-state index contributed by atoms with van der Waals surface area (Å²) in [7, 11) is 0. The summed E-state index contributed by atoms with van der Waals surface area (Å²) >= 11 is 3.11. The summed E-state index contributed by atoms with van der Waals surface area (Å²) in [5, 5.41) is 11.7. The van der Waals surface area contributed by atoms with Crippen molar-refractivity contribution < 1.29 is 0 Å². The summed E-state index contributed by atoms with van der Waals surface area (Å²) in [5.41, 5.74) is 0. The molecule has 4 heterocycles. The van der Waals surface area contributed by atoms with Crippen LogP contribution in [0.4, 0.5) is 21.9 Å². The molecule has 0 radical (unpaired) electrons. The first kappa shape index (κ1) is 22.2. The van der Waals surface area contributed by atoms with Crippen molar-refractivity contribution in [3.8, 4) is 0 Å². The molecule has 4 aromatic heterocycles. The van der Waals surface area contributed by atoms with Crippen molar-refractivity contribution in [3.05, 3.63) is 71.9 Å². The molecule has 0 amide bonds. The van der Waals surface area contributed by atoms with Crippen molar-refractivity contribution in [2.24, 2.45) is 0 Å². The van der Waals surface area contributed by atoms with E-state index in [-0.39, 0.29) is 34.0 Å². The summed E-state index contributed by atoms with van der Waals surface area (Å²) < 4.78 is 0. The van der Waals surface area contributed by atoms with Crippen molar-refractivity contribution in [3.63, 3.8) is 0 Å². The normalized spacial score (nSPS) is 8.92. The minimum Gasteiger partial charge on any atom is -0.316 e. The number of nitrogens with zero attached hydrogens (tertiary/aromatic N) is 4. The molecule has 0 fully saturated rings. The number of nitrogens with one attached hydrogen (secondary N) is 2. The fraction of sp³-hybridized carbons (Fsp3) is 0. The van der Waals surface area contributed by atoms with Gasteiger partial charge >= 0.3 is 0 Å². The molecule has 136 valence electrons. The Morgan fingerprint density at radius 3 is 1.35 bits per heavy atom. The molecule has 4 rings (SSSR count). The van der Waals surface area contributed by atoms with Gasteiger partial charge in [0.05, 0.1) is 0 Å². The fourth-order valence-electron chi connectivity index (χ4n) is 1.66. The van der Waals surface area contributed by atoms with Gasteiger partial charge in [-0.25, -0.2) is 19.9 Å². The van der Waals surface area contributed by atoms with Crippen LogP contribution in [0.25, 0.3) is 0 Å². The highest BCUT2D eigenvalue weighted by Gasteiger charge is 1.95. The second kappa shape index (κ2) is 12.5. The third kappa shape index (κ3) is 7.56. The lowest BCUT2D eigenvalue weighted by Gasteiger charge is -1.98. The molecule has 0 spiro atoms. The molecule has 0 unspecified atom stereocenters. The van der Waals surface area contributed by atoms with Gasteiger partial charge in [-0.05, 0) is 24.3 Å².